The van der Waals surface area contributed by atoms with Gasteiger partial charge in [0.25, 0.3) is 0 Å². The Hall–Kier alpha value is -4.37. The summed E-state index contributed by atoms with van der Waals surface area (Å²) >= 11 is 6.04. The maximum absolute atomic E-state index is 13.4. The van der Waals surface area contributed by atoms with Crippen LogP contribution in [0.3, 0.4) is 0 Å². The Morgan fingerprint density at radius 1 is 1.08 bits per heavy atom. The smallest absolute Gasteiger partial charge is 0.240 e. The van der Waals surface area contributed by atoms with Gasteiger partial charge in [0, 0.05) is 30.0 Å². The number of fused-ring (bicyclic) bond motifs is 2. The van der Waals surface area contributed by atoms with Gasteiger partial charge >= 0.3 is 0 Å². The maximum Gasteiger partial charge on any atom is 0.240 e. The molecule has 1 amide bonds. The number of rotatable bonds is 4. The summed E-state index contributed by atoms with van der Waals surface area (Å²) in [5.41, 5.74) is 9.27. The average molecular weight is 500 g/mol. The van der Waals surface area contributed by atoms with Crippen LogP contribution in [-0.2, 0) is 16.6 Å². The van der Waals surface area contributed by atoms with Crippen LogP contribution in [0.4, 0.5) is 16.0 Å². The summed E-state index contributed by atoms with van der Waals surface area (Å²) in [6.07, 6.45) is 5.66. The molecule has 1 aliphatic heterocycles. The second-order valence-corrected chi connectivity index (χ2v) is 9.21. The van der Waals surface area contributed by atoms with Crippen molar-refractivity contribution in [1.29, 1.82) is 0 Å². The lowest BCUT2D eigenvalue weighted by atomic mass is 9.78. The SMILES string of the molecule is CC1(c2ccc(Cl)cc2)C(=O)Nc2nc(-c3cn4ccnc4c(Cc4ccc(F)cc4)n3)nc(N)c21. The van der Waals surface area contributed by atoms with E-state index >= 15 is 0 Å². The van der Waals surface area contributed by atoms with Crippen LogP contribution in [0.15, 0.2) is 67.1 Å². The van der Waals surface area contributed by atoms with Gasteiger partial charge in [0.1, 0.15) is 28.6 Å². The zero-order valence-corrected chi connectivity index (χ0v) is 19.8. The molecule has 178 valence electrons. The number of benzene rings is 2. The van der Waals surface area contributed by atoms with Crippen molar-refractivity contribution in [2.75, 3.05) is 11.1 Å². The molecule has 3 aromatic heterocycles. The second-order valence-electron chi connectivity index (χ2n) is 8.78. The standard InChI is InChI=1S/C26H19ClFN7O/c1-26(15-4-6-16(27)7-5-15)20-21(29)32-22(33-23(20)34-25(26)36)19-13-35-11-10-30-24(35)18(31-19)12-14-2-8-17(28)9-3-14/h2-11,13H,12H2,1H3,(H3,29,32,33,34,36). The average Bonchev–Trinajstić information content (AvgIpc) is 3.44. The molecule has 1 unspecified atom stereocenters. The van der Waals surface area contributed by atoms with Gasteiger partial charge in [-0.15, -0.1) is 0 Å². The molecule has 1 atom stereocenters. The van der Waals surface area contributed by atoms with Crippen molar-refractivity contribution in [2.24, 2.45) is 0 Å². The number of nitrogens with zero attached hydrogens (tertiary/aromatic N) is 5. The van der Waals surface area contributed by atoms with E-state index in [0.29, 0.717) is 39.9 Å². The van der Waals surface area contributed by atoms with Crippen LogP contribution in [0.5, 0.6) is 0 Å². The van der Waals surface area contributed by atoms with Gasteiger partial charge in [0.15, 0.2) is 11.5 Å². The van der Waals surface area contributed by atoms with Crippen LogP contribution < -0.4 is 11.1 Å². The summed E-state index contributed by atoms with van der Waals surface area (Å²) in [4.78, 5) is 31.5. The molecule has 8 nitrogen and oxygen atoms in total. The van der Waals surface area contributed by atoms with Crippen molar-refractivity contribution in [1.82, 2.24) is 24.3 Å². The largest absolute Gasteiger partial charge is 0.383 e. The predicted octanol–water partition coefficient (Wildman–Crippen LogP) is 4.41. The fourth-order valence-corrected chi connectivity index (χ4v) is 4.73. The predicted molar refractivity (Wildman–Crippen MR) is 134 cm³/mol. The van der Waals surface area contributed by atoms with Gasteiger partial charge in [-0.1, -0.05) is 35.9 Å². The summed E-state index contributed by atoms with van der Waals surface area (Å²) in [5.74, 6) is 0.225. The third-order valence-electron chi connectivity index (χ3n) is 6.50. The van der Waals surface area contributed by atoms with Crippen LogP contribution in [0, 0.1) is 5.82 Å². The lowest BCUT2D eigenvalue weighted by molar-refractivity contribution is -0.119. The van der Waals surface area contributed by atoms with Crippen LogP contribution in [0.1, 0.15) is 29.3 Å². The van der Waals surface area contributed by atoms with E-state index in [1.54, 1.807) is 61.9 Å². The Morgan fingerprint density at radius 2 is 1.83 bits per heavy atom. The van der Waals surface area contributed by atoms with Crippen molar-refractivity contribution in [3.05, 3.63) is 100 Å². The van der Waals surface area contributed by atoms with Gasteiger partial charge in [-0.25, -0.2) is 24.3 Å². The fraction of sp³-hybridized carbons (Fsp3) is 0.115. The van der Waals surface area contributed by atoms with E-state index in [0.717, 1.165) is 11.1 Å². The molecule has 0 spiro atoms. The minimum atomic E-state index is -1.07. The molecule has 0 bridgehead atoms. The summed E-state index contributed by atoms with van der Waals surface area (Å²) < 4.78 is 15.2. The van der Waals surface area contributed by atoms with Gasteiger partial charge in [-0.05, 0) is 42.3 Å². The molecule has 6 rings (SSSR count). The van der Waals surface area contributed by atoms with Crippen molar-refractivity contribution in [3.8, 4) is 11.5 Å². The number of aromatic nitrogens is 5. The topological polar surface area (TPSA) is 111 Å². The van der Waals surface area contributed by atoms with E-state index in [9.17, 15) is 9.18 Å². The van der Waals surface area contributed by atoms with Crippen LogP contribution in [0.25, 0.3) is 17.2 Å². The van der Waals surface area contributed by atoms with E-state index in [4.69, 9.17) is 22.3 Å². The van der Waals surface area contributed by atoms with Gasteiger partial charge in [-0.2, -0.15) is 0 Å². The summed E-state index contributed by atoms with van der Waals surface area (Å²) in [5, 5.41) is 3.43. The first-order valence-electron chi connectivity index (χ1n) is 11.2. The molecule has 10 heteroatoms. The number of hydrogen-bond donors (Lipinski definition) is 2. The molecular weight excluding hydrogens is 481 g/mol. The molecule has 4 heterocycles. The van der Waals surface area contributed by atoms with E-state index < -0.39 is 5.41 Å². The van der Waals surface area contributed by atoms with Crippen LogP contribution in [-0.4, -0.2) is 30.2 Å². The van der Waals surface area contributed by atoms with Crippen LogP contribution in [0.2, 0.25) is 5.02 Å². The molecule has 3 N–H and O–H groups in total. The van der Waals surface area contributed by atoms with Crippen molar-refractivity contribution in [2.45, 2.75) is 18.8 Å². The van der Waals surface area contributed by atoms with Crippen LogP contribution >= 0.6 is 11.6 Å². The van der Waals surface area contributed by atoms with Gasteiger partial charge in [0.05, 0.1) is 11.3 Å². The van der Waals surface area contributed by atoms with Gasteiger partial charge in [0.2, 0.25) is 5.91 Å². The Morgan fingerprint density at radius 3 is 2.58 bits per heavy atom. The zero-order valence-electron chi connectivity index (χ0n) is 19.0. The number of amides is 1. The molecular formula is C26H19ClFN7O. The Labute approximate surface area is 210 Å². The number of halogens is 2. The quantitative estimate of drug-likeness (QED) is 0.379. The molecule has 2 aromatic carbocycles. The number of carbonyl (C=O) groups is 1. The number of nitrogens with two attached hydrogens (primary N) is 1. The lowest BCUT2D eigenvalue weighted by Gasteiger charge is -2.23. The van der Waals surface area contributed by atoms with Crippen molar-refractivity contribution >= 4 is 34.8 Å². The summed E-state index contributed by atoms with van der Waals surface area (Å²) in [6.45, 7) is 1.79. The molecule has 0 saturated carbocycles. The molecule has 0 saturated heterocycles. The maximum atomic E-state index is 13.4. The molecule has 1 aliphatic rings. The van der Waals surface area contributed by atoms with Crippen molar-refractivity contribution in [3.63, 3.8) is 0 Å². The number of anilines is 2. The number of carbonyl (C=O) groups excluding carboxylic acids is 1. The number of hydrogen-bond acceptors (Lipinski definition) is 6. The van der Waals surface area contributed by atoms with Gasteiger partial charge < -0.3 is 15.5 Å². The van der Waals surface area contributed by atoms with Crippen molar-refractivity contribution < 1.29 is 9.18 Å². The van der Waals surface area contributed by atoms with Gasteiger partial charge in [-0.3, -0.25) is 4.79 Å². The highest BCUT2D eigenvalue weighted by molar-refractivity contribution is 6.30. The third-order valence-corrected chi connectivity index (χ3v) is 6.75. The third kappa shape index (κ3) is 3.47. The lowest BCUT2D eigenvalue weighted by Crippen LogP contribution is -2.32. The fourth-order valence-electron chi connectivity index (χ4n) is 4.60. The van der Waals surface area contributed by atoms with E-state index in [2.05, 4.69) is 20.3 Å². The molecule has 0 fully saturated rings. The first-order valence-corrected chi connectivity index (χ1v) is 11.5. The first kappa shape index (κ1) is 22.1. The molecule has 0 aliphatic carbocycles. The Bertz CT molecular complexity index is 1650. The first-order chi connectivity index (χ1) is 17.3. The highest BCUT2D eigenvalue weighted by Crippen LogP contribution is 2.45. The monoisotopic (exact) mass is 499 g/mol. The van der Waals surface area contributed by atoms with E-state index in [-0.39, 0.29) is 23.4 Å². The number of nitrogen functional groups attached to an aromatic ring is 1. The van der Waals surface area contributed by atoms with E-state index in [1.165, 1.54) is 12.1 Å². The molecule has 0 radical (unpaired) electrons. The zero-order chi connectivity index (χ0) is 25.0. The Balaban J connectivity index is 1.45. The molecule has 36 heavy (non-hydrogen) atoms. The van der Waals surface area contributed by atoms with E-state index in [1.807, 2.05) is 4.40 Å². The summed E-state index contributed by atoms with van der Waals surface area (Å²) in [7, 11) is 0. The second kappa shape index (κ2) is 8.10. The highest BCUT2D eigenvalue weighted by Gasteiger charge is 2.47. The minimum Gasteiger partial charge on any atom is -0.383 e. The Kier molecular flexibility index (Phi) is 4.97. The molecule has 5 aromatic rings. The normalized spacial score (nSPS) is 16.8. The summed E-state index contributed by atoms with van der Waals surface area (Å²) in [6, 6.07) is 13.3. The number of nitrogens with one attached hydrogen (secondary N) is 1. The number of imidazole rings is 1. The highest BCUT2D eigenvalue weighted by atomic mass is 35.5. The minimum absolute atomic E-state index is 0.179.